The lowest BCUT2D eigenvalue weighted by atomic mass is 10.0. The third-order valence-corrected chi connectivity index (χ3v) is 4.09. The quantitative estimate of drug-likeness (QED) is 0.784. The predicted octanol–water partition coefficient (Wildman–Crippen LogP) is 4.08. The minimum Gasteiger partial charge on any atom is -0.465 e. The van der Waals surface area contributed by atoms with Crippen molar-refractivity contribution in [1.29, 1.82) is 0 Å². The second-order valence-corrected chi connectivity index (χ2v) is 5.76. The molecular formula is C15H19Cl2NO2. The lowest BCUT2D eigenvalue weighted by Crippen LogP contribution is -2.38. The summed E-state index contributed by atoms with van der Waals surface area (Å²) in [5.74, 6) is -0.237. The van der Waals surface area contributed by atoms with Crippen molar-refractivity contribution in [3.8, 4) is 0 Å². The summed E-state index contributed by atoms with van der Waals surface area (Å²) in [6.45, 7) is 3.97. The van der Waals surface area contributed by atoms with Crippen molar-refractivity contribution >= 4 is 29.2 Å². The number of nitrogens with zero attached hydrogens (tertiary/aromatic N) is 1. The largest absolute Gasteiger partial charge is 0.465 e. The molecule has 0 amide bonds. The second-order valence-electron chi connectivity index (χ2n) is 4.92. The fraction of sp³-hybridized carbons (Fsp3) is 0.533. The number of benzene rings is 1. The molecule has 1 aliphatic rings. The van der Waals surface area contributed by atoms with Crippen LogP contribution in [0.2, 0.25) is 10.0 Å². The number of piperidine rings is 1. The molecule has 0 bridgehead atoms. The average molecular weight is 316 g/mol. The Kier molecular flexibility index (Phi) is 5.70. The molecule has 1 heterocycles. The molecule has 1 atom stereocenters. The number of hydrogen-bond acceptors (Lipinski definition) is 3. The van der Waals surface area contributed by atoms with E-state index in [1.165, 1.54) is 6.42 Å². The van der Waals surface area contributed by atoms with Crippen molar-refractivity contribution in [2.24, 2.45) is 0 Å². The zero-order valence-electron chi connectivity index (χ0n) is 11.6. The third-order valence-electron chi connectivity index (χ3n) is 3.52. The molecule has 0 unspecified atom stereocenters. The zero-order valence-corrected chi connectivity index (χ0v) is 13.1. The lowest BCUT2D eigenvalue weighted by Gasteiger charge is -2.33. The molecule has 1 fully saturated rings. The van der Waals surface area contributed by atoms with E-state index in [0.29, 0.717) is 16.7 Å². The Bertz CT molecular complexity index is 473. The molecule has 0 N–H and O–H groups in total. The van der Waals surface area contributed by atoms with Gasteiger partial charge in [0.15, 0.2) is 0 Å². The molecule has 0 saturated carbocycles. The number of carbonyl (C=O) groups is 1. The van der Waals surface area contributed by atoms with Crippen LogP contribution in [0, 0.1) is 0 Å². The van der Waals surface area contributed by atoms with Crippen LogP contribution < -0.4 is 0 Å². The van der Waals surface area contributed by atoms with Gasteiger partial charge in [-0.05, 0) is 50.6 Å². The minimum absolute atomic E-state index is 0.237. The molecule has 3 nitrogen and oxygen atoms in total. The molecule has 110 valence electrons. The molecule has 20 heavy (non-hydrogen) atoms. The van der Waals surface area contributed by atoms with Crippen LogP contribution in [0.25, 0.3) is 0 Å². The van der Waals surface area contributed by atoms with Gasteiger partial charge in [0.25, 0.3) is 0 Å². The van der Waals surface area contributed by atoms with Gasteiger partial charge < -0.3 is 4.74 Å². The fourth-order valence-corrected chi connectivity index (χ4v) is 3.11. The van der Waals surface area contributed by atoms with Gasteiger partial charge in [-0.15, -0.1) is 0 Å². The maximum Gasteiger partial charge on any atom is 0.328 e. The summed E-state index contributed by atoms with van der Waals surface area (Å²) in [5.41, 5.74) is 0.774. The zero-order chi connectivity index (χ0) is 14.5. The van der Waals surface area contributed by atoms with Crippen LogP contribution in [0.3, 0.4) is 0 Å². The fourth-order valence-electron chi connectivity index (χ4n) is 2.59. The van der Waals surface area contributed by atoms with Crippen LogP contribution >= 0.6 is 23.2 Å². The van der Waals surface area contributed by atoms with E-state index in [0.717, 1.165) is 31.5 Å². The van der Waals surface area contributed by atoms with Gasteiger partial charge in [-0.25, -0.2) is 4.79 Å². The molecule has 0 aromatic heterocycles. The second kappa shape index (κ2) is 7.30. The Hall–Kier alpha value is -0.770. The summed E-state index contributed by atoms with van der Waals surface area (Å²) < 4.78 is 5.22. The van der Waals surface area contributed by atoms with Crippen molar-refractivity contribution < 1.29 is 9.53 Å². The van der Waals surface area contributed by atoms with E-state index in [4.69, 9.17) is 27.9 Å². The smallest absolute Gasteiger partial charge is 0.328 e. The highest BCUT2D eigenvalue weighted by atomic mass is 35.5. The number of likely N-dealkylation sites (tertiary alicyclic amines) is 1. The van der Waals surface area contributed by atoms with Gasteiger partial charge in [0.1, 0.15) is 6.04 Å². The number of halogens is 2. The van der Waals surface area contributed by atoms with Crippen LogP contribution in [0.5, 0.6) is 0 Å². The van der Waals surface area contributed by atoms with Crippen molar-refractivity contribution in [3.63, 3.8) is 0 Å². The molecule has 5 heteroatoms. The molecular weight excluding hydrogens is 297 g/mol. The molecule has 0 aliphatic carbocycles. The van der Waals surface area contributed by atoms with Crippen LogP contribution in [-0.2, 0) is 9.53 Å². The Balaban J connectivity index is 2.31. The first-order valence-electron chi connectivity index (χ1n) is 6.99. The van der Waals surface area contributed by atoms with Gasteiger partial charge in [-0.2, -0.15) is 0 Å². The van der Waals surface area contributed by atoms with Gasteiger partial charge in [0.05, 0.1) is 6.61 Å². The van der Waals surface area contributed by atoms with E-state index in [1.807, 2.05) is 13.0 Å². The van der Waals surface area contributed by atoms with Crippen LogP contribution in [0.15, 0.2) is 18.2 Å². The van der Waals surface area contributed by atoms with E-state index in [9.17, 15) is 4.79 Å². The number of ether oxygens (including phenoxy) is 1. The standard InChI is InChI=1S/C15H19Cl2NO2/c1-2-20-15(19)14(18-8-4-3-5-9-18)12-7-6-11(16)10-13(12)17/h6-7,10,14H,2-5,8-9H2,1H3/t14-/m0/s1. The number of rotatable bonds is 4. The predicted molar refractivity (Wildman–Crippen MR) is 81.3 cm³/mol. The summed E-state index contributed by atoms with van der Waals surface area (Å²) in [6, 6.07) is 4.83. The summed E-state index contributed by atoms with van der Waals surface area (Å²) in [7, 11) is 0. The molecule has 1 aromatic carbocycles. The van der Waals surface area contributed by atoms with Crippen LogP contribution in [-0.4, -0.2) is 30.6 Å². The highest BCUT2D eigenvalue weighted by Crippen LogP contribution is 2.32. The SMILES string of the molecule is CCOC(=O)[C@H](c1ccc(Cl)cc1Cl)N1CCCCC1. The maximum absolute atomic E-state index is 12.3. The molecule has 0 spiro atoms. The average Bonchev–Trinajstić information content (AvgIpc) is 2.43. The van der Waals surface area contributed by atoms with Crippen molar-refractivity contribution in [2.75, 3.05) is 19.7 Å². The van der Waals surface area contributed by atoms with E-state index in [1.54, 1.807) is 12.1 Å². The molecule has 1 aliphatic heterocycles. The Morgan fingerprint density at radius 1 is 1.30 bits per heavy atom. The molecule has 1 aromatic rings. The van der Waals surface area contributed by atoms with Gasteiger partial charge in [0.2, 0.25) is 0 Å². The number of hydrogen-bond donors (Lipinski definition) is 0. The maximum atomic E-state index is 12.3. The monoisotopic (exact) mass is 315 g/mol. The van der Waals surface area contributed by atoms with E-state index in [-0.39, 0.29) is 5.97 Å². The Labute approximate surface area is 129 Å². The third kappa shape index (κ3) is 3.66. The van der Waals surface area contributed by atoms with Crippen molar-refractivity contribution in [2.45, 2.75) is 32.2 Å². The lowest BCUT2D eigenvalue weighted by molar-refractivity contribution is -0.150. The molecule has 1 saturated heterocycles. The summed E-state index contributed by atoms with van der Waals surface area (Å²) in [4.78, 5) is 14.5. The van der Waals surface area contributed by atoms with Gasteiger partial charge >= 0.3 is 5.97 Å². The van der Waals surface area contributed by atoms with Crippen LogP contribution in [0.4, 0.5) is 0 Å². The van der Waals surface area contributed by atoms with Crippen molar-refractivity contribution in [1.82, 2.24) is 4.90 Å². The van der Waals surface area contributed by atoms with Gasteiger partial charge in [-0.1, -0.05) is 35.7 Å². The molecule has 0 radical (unpaired) electrons. The summed E-state index contributed by atoms with van der Waals surface area (Å²) in [5, 5.41) is 1.08. The topological polar surface area (TPSA) is 29.5 Å². The first-order valence-corrected chi connectivity index (χ1v) is 7.74. The van der Waals surface area contributed by atoms with E-state index in [2.05, 4.69) is 4.90 Å². The van der Waals surface area contributed by atoms with Crippen LogP contribution in [0.1, 0.15) is 37.8 Å². The highest BCUT2D eigenvalue weighted by Gasteiger charge is 2.31. The number of carbonyl (C=O) groups excluding carboxylic acids is 1. The van der Waals surface area contributed by atoms with Crippen molar-refractivity contribution in [3.05, 3.63) is 33.8 Å². The van der Waals surface area contributed by atoms with Gasteiger partial charge in [-0.3, -0.25) is 4.90 Å². The first kappa shape index (κ1) is 15.6. The Morgan fingerprint density at radius 3 is 2.60 bits per heavy atom. The first-order chi connectivity index (χ1) is 9.63. The summed E-state index contributed by atoms with van der Waals surface area (Å²) in [6.07, 6.45) is 3.41. The number of esters is 1. The van der Waals surface area contributed by atoms with Gasteiger partial charge in [0, 0.05) is 10.0 Å². The normalized spacial score (nSPS) is 17.8. The molecule has 2 rings (SSSR count). The highest BCUT2D eigenvalue weighted by molar-refractivity contribution is 6.35. The summed E-state index contributed by atoms with van der Waals surface area (Å²) >= 11 is 12.2. The minimum atomic E-state index is -0.431. The van der Waals surface area contributed by atoms with E-state index >= 15 is 0 Å². The Morgan fingerprint density at radius 2 is 2.00 bits per heavy atom. The van der Waals surface area contributed by atoms with E-state index < -0.39 is 6.04 Å².